The summed E-state index contributed by atoms with van der Waals surface area (Å²) in [7, 11) is -1.22. The van der Waals surface area contributed by atoms with Gasteiger partial charge in [-0.25, -0.2) is 4.79 Å². The summed E-state index contributed by atoms with van der Waals surface area (Å²) >= 11 is 0. The summed E-state index contributed by atoms with van der Waals surface area (Å²) in [5.74, 6) is 0.250. The second-order valence-corrected chi connectivity index (χ2v) is 5.03. The lowest BCUT2D eigenvalue weighted by Gasteiger charge is -2.42. The third-order valence-electron chi connectivity index (χ3n) is 3.61. The summed E-state index contributed by atoms with van der Waals surface area (Å²) in [6.45, 7) is 0. The Morgan fingerprint density at radius 2 is 2.00 bits per heavy atom. The molecule has 1 spiro atoms. The van der Waals surface area contributed by atoms with E-state index in [1.54, 1.807) is 0 Å². The van der Waals surface area contributed by atoms with E-state index in [9.17, 15) is 9.59 Å². The van der Waals surface area contributed by atoms with E-state index in [0.29, 0.717) is 25.1 Å². The molecule has 0 radical (unpaired) electrons. The summed E-state index contributed by atoms with van der Waals surface area (Å²) in [4.78, 5) is 22.5. The quantitative estimate of drug-likeness (QED) is 0.299. The van der Waals surface area contributed by atoms with Crippen LogP contribution in [-0.4, -0.2) is 34.6 Å². The van der Waals surface area contributed by atoms with E-state index in [0.717, 1.165) is 19.3 Å². The maximum atomic E-state index is 11.5. The topological polar surface area (TPSA) is 98.7 Å². The zero-order chi connectivity index (χ0) is 12.5. The van der Waals surface area contributed by atoms with Gasteiger partial charge in [-0.1, -0.05) is 19.3 Å². The van der Waals surface area contributed by atoms with Crippen LogP contribution in [0.1, 0.15) is 32.1 Å². The van der Waals surface area contributed by atoms with Crippen LogP contribution in [0.25, 0.3) is 0 Å². The molecule has 2 fully saturated rings. The number of carbonyl (C=O) groups is 2. The van der Waals surface area contributed by atoms with E-state index in [1.807, 2.05) is 0 Å². The fourth-order valence-electron chi connectivity index (χ4n) is 2.71. The molecule has 1 saturated heterocycles. The minimum absolute atomic E-state index is 0.204. The first-order valence-electron chi connectivity index (χ1n) is 6.01. The van der Waals surface area contributed by atoms with Gasteiger partial charge in [0.1, 0.15) is 5.54 Å². The molecule has 0 aromatic heterocycles. The first kappa shape index (κ1) is 12.4. The number of nitrogens with one attached hydrogen (secondary N) is 2. The van der Waals surface area contributed by atoms with Gasteiger partial charge < -0.3 is 15.4 Å². The van der Waals surface area contributed by atoms with Crippen molar-refractivity contribution >= 4 is 19.1 Å². The van der Waals surface area contributed by atoms with Gasteiger partial charge in [-0.2, -0.15) is 0 Å². The van der Waals surface area contributed by atoms with Gasteiger partial charge in [-0.3, -0.25) is 10.1 Å². The van der Waals surface area contributed by atoms with Crippen LogP contribution in [0.15, 0.2) is 0 Å². The highest BCUT2D eigenvalue weighted by atomic mass is 16.4. The van der Waals surface area contributed by atoms with Crippen LogP contribution in [0.5, 0.6) is 0 Å². The molecular formula is C10H17BN2O4. The van der Waals surface area contributed by atoms with E-state index in [-0.39, 0.29) is 5.91 Å². The van der Waals surface area contributed by atoms with Crippen molar-refractivity contribution in [1.29, 1.82) is 0 Å². The summed E-state index contributed by atoms with van der Waals surface area (Å²) in [5, 5.41) is 22.3. The molecule has 1 heterocycles. The third-order valence-corrected chi connectivity index (χ3v) is 3.61. The normalized spacial score (nSPS) is 31.1. The third kappa shape index (κ3) is 2.61. The van der Waals surface area contributed by atoms with Crippen molar-refractivity contribution in [1.82, 2.24) is 10.6 Å². The van der Waals surface area contributed by atoms with E-state index in [4.69, 9.17) is 10.0 Å². The minimum atomic E-state index is -1.22. The lowest BCUT2D eigenvalue weighted by molar-refractivity contribution is -0.128. The van der Waals surface area contributed by atoms with Gasteiger partial charge in [0.15, 0.2) is 0 Å². The molecule has 6 nitrogen and oxygen atoms in total. The van der Waals surface area contributed by atoms with Gasteiger partial charge in [-0.05, 0) is 25.1 Å². The highest BCUT2D eigenvalue weighted by Crippen LogP contribution is 2.42. The average Bonchev–Trinajstić information content (AvgIpc) is 2.47. The van der Waals surface area contributed by atoms with Crippen LogP contribution in [0.3, 0.4) is 0 Å². The van der Waals surface area contributed by atoms with Crippen LogP contribution < -0.4 is 10.6 Å². The molecule has 0 atom stereocenters. The first-order valence-corrected chi connectivity index (χ1v) is 6.01. The molecule has 2 aliphatic rings. The molecule has 0 aromatic rings. The molecule has 17 heavy (non-hydrogen) atoms. The standard InChI is InChI=1S/C10H17BN2O4/c14-8-10(13-9(15)12-8)5-7(6-10)3-1-2-4-11(16)17/h7,16-17H,1-6H2,(H2,12,13,14,15). The molecule has 7 heteroatoms. The smallest absolute Gasteiger partial charge is 0.427 e. The number of hydrogen-bond acceptors (Lipinski definition) is 4. The van der Waals surface area contributed by atoms with Gasteiger partial charge in [0.05, 0.1) is 0 Å². The Labute approximate surface area is 99.9 Å². The molecule has 94 valence electrons. The molecule has 1 aliphatic heterocycles. The zero-order valence-corrected chi connectivity index (χ0v) is 9.61. The number of rotatable bonds is 5. The monoisotopic (exact) mass is 240 g/mol. The van der Waals surface area contributed by atoms with Crippen molar-refractivity contribution in [2.45, 2.75) is 44.0 Å². The number of imide groups is 1. The van der Waals surface area contributed by atoms with Crippen molar-refractivity contribution in [2.24, 2.45) is 5.92 Å². The summed E-state index contributed by atoms with van der Waals surface area (Å²) in [6, 6.07) is -0.392. The SMILES string of the molecule is O=C1NC(=O)C2(CC(CCCCB(O)O)C2)N1. The maximum Gasteiger partial charge on any atom is 0.451 e. The van der Waals surface area contributed by atoms with Crippen molar-refractivity contribution in [3.05, 3.63) is 0 Å². The van der Waals surface area contributed by atoms with Gasteiger partial charge in [0.25, 0.3) is 5.91 Å². The van der Waals surface area contributed by atoms with E-state index in [2.05, 4.69) is 10.6 Å². The van der Waals surface area contributed by atoms with Crippen molar-refractivity contribution in [2.75, 3.05) is 0 Å². The Morgan fingerprint density at radius 1 is 1.29 bits per heavy atom. The number of unbranched alkanes of at least 4 members (excludes halogenated alkanes) is 1. The Kier molecular flexibility index (Phi) is 3.39. The van der Waals surface area contributed by atoms with Crippen molar-refractivity contribution in [3.63, 3.8) is 0 Å². The highest BCUT2D eigenvalue weighted by Gasteiger charge is 2.54. The van der Waals surface area contributed by atoms with Gasteiger partial charge in [-0.15, -0.1) is 0 Å². The lowest BCUT2D eigenvalue weighted by Crippen LogP contribution is -2.56. The predicted molar refractivity (Wildman–Crippen MR) is 61.0 cm³/mol. The Balaban J connectivity index is 1.65. The molecular weight excluding hydrogens is 223 g/mol. The molecule has 1 saturated carbocycles. The number of carbonyl (C=O) groups excluding carboxylic acids is 2. The Bertz CT molecular complexity index is 328. The molecule has 2 rings (SSSR count). The summed E-state index contributed by atoms with van der Waals surface area (Å²) in [5.41, 5.74) is -0.641. The second kappa shape index (κ2) is 4.66. The van der Waals surface area contributed by atoms with E-state index < -0.39 is 18.7 Å². The van der Waals surface area contributed by atoms with Crippen LogP contribution in [0.2, 0.25) is 6.32 Å². The second-order valence-electron chi connectivity index (χ2n) is 5.03. The maximum absolute atomic E-state index is 11.5. The molecule has 4 N–H and O–H groups in total. The summed E-state index contributed by atoms with van der Waals surface area (Å²) < 4.78 is 0. The fourth-order valence-corrected chi connectivity index (χ4v) is 2.71. The van der Waals surface area contributed by atoms with Crippen molar-refractivity contribution in [3.8, 4) is 0 Å². The molecule has 3 amide bonds. The van der Waals surface area contributed by atoms with Crippen LogP contribution >= 0.6 is 0 Å². The van der Waals surface area contributed by atoms with Gasteiger partial charge >= 0.3 is 13.1 Å². The van der Waals surface area contributed by atoms with E-state index >= 15 is 0 Å². The number of urea groups is 1. The Morgan fingerprint density at radius 3 is 2.53 bits per heavy atom. The zero-order valence-electron chi connectivity index (χ0n) is 9.61. The number of hydrogen-bond donors (Lipinski definition) is 4. The van der Waals surface area contributed by atoms with Crippen LogP contribution in [-0.2, 0) is 4.79 Å². The molecule has 0 bridgehead atoms. The van der Waals surface area contributed by atoms with Gasteiger partial charge in [0.2, 0.25) is 0 Å². The predicted octanol–water partition coefficient (Wildman–Crippen LogP) is -0.382. The fraction of sp³-hybridized carbons (Fsp3) is 0.800. The largest absolute Gasteiger partial charge is 0.451 e. The Hall–Kier alpha value is -1.08. The molecule has 0 aromatic carbocycles. The highest BCUT2D eigenvalue weighted by molar-refractivity contribution is 6.40. The van der Waals surface area contributed by atoms with Crippen LogP contribution in [0, 0.1) is 5.92 Å². The molecule has 1 aliphatic carbocycles. The van der Waals surface area contributed by atoms with E-state index in [1.165, 1.54) is 0 Å². The summed E-state index contributed by atoms with van der Waals surface area (Å²) in [6.07, 6.45) is 4.47. The average molecular weight is 240 g/mol. The minimum Gasteiger partial charge on any atom is -0.427 e. The van der Waals surface area contributed by atoms with Crippen molar-refractivity contribution < 1.29 is 19.6 Å². The number of amides is 3. The first-order chi connectivity index (χ1) is 8.02. The lowest BCUT2D eigenvalue weighted by atomic mass is 9.66. The molecule has 0 unspecified atom stereocenters. The van der Waals surface area contributed by atoms with Gasteiger partial charge in [0, 0.05) is 0 Å². The van der Waals surface area contributed by atoms with Crippen LogP contribution in [0.4, 0.5) is 4.79 Å².